The Morgan fingerprint density at radius 1 is 0.329 bits per heavy atom. The molecule has 0 unspecified atom stereocenters. The van der Waals surface area contributed by atoms with Gasteiger partial charge in [-0.25, -0.2) is 0 Å². The molecule has 0 atom stereocenters. The zero-order valence-electron chi connectivity index (χ0n) is 50.7. The Morgan fingerprint density at radius 2 is 0.803 bits per heavy atom. The van der Waals surface area contributed by atoms with Gasteiger partial charge in [0, 0.05) is 64.1 Å². The van der Waals surface area contributed by atoms with E-state index in [2.05, 4.69) is 138 Å². The zero-order chi connectivity index (χ0) is 58.9. The van der Waals surface area contributed by atoms with E-state index in [9.17, 15) is 11.0 Å². The molecule has 3 aromatic heterocycles. The van der Waals surface area contributed by atoms with E-state index in [4.69, 9.17) is 2.74 Å². The summed E-state index contributed by atoms with van der Waals surface area (Å²) in [5.41, 5.74) is 6.94. The van der Waals surface area contributed by atoms with Crippen molar-refractivity contribution in [1.29, 1.82) is 0 Å². The van der Waals surface area contributed by atoms with Crippen LogP contribution in [0.25, 0.3) is 109 Å². The fourth-order valence-corrected chi connectivity index (χ4v) is 18.1. The van der Waals surface area contributed by atoms with Gasteiger partial charge in [0.05, 0.1) is 41.5 Å². The molecule has 15 rings (SSSR count). The predicted molar refractivity (Wildman–Crippen MR) is 328 cm³/mol. The summed E-state index contributed by atoms with van der Waals surface area (Å²) in [7, 11) is -3.65. The van der Waals surface area contributed by atoms with Gasteiger partial charge in [-0.1, -0.05) is 248 Å². The standard InChI is InChI=1S/C72H48N2SSi/c1-6-24-49(25-7-1)62-47-55(76(52-28-10-3-11-29-52,53-30-12-4-13-31-53)54-32-14-5-15-33-54)48-63(50-26-8-2-9-27-50)72(62)74-66-41-20-17-35-57(66)64-46-51(44-45-67(64)74)73-65-40-19-16-34-56(65)59-38-22-39-60(71(59)73)58-37-23-43-69-70(58)61-36-18-21-42-68(61)75-69/h1-48H/i1D,2D,6D,7D,8D,9D,24D,25D,26D,27D. The number of hydrogen-bond acceptors (Lipinski definition) is 1. The van der Waals surface area contributed by atoms with Crippen molar-refractivity contribution in [2.45, 2.75) is 0 Å². The van der Waals surface area contributed by atoms with Crippen molar-refractivity contribution in [2.24, 2.45) is 0 Å². The number of fused-ring (bicyclic) bond motifs is 9. The molecule has 0 spiro atoms. The van der Waals surface area contributed by atoms with Crippen LogP contribution in [-0.2, 0) is 0 Å². The molecule has 0 fully saturated rings. The number of thiophene rings is 1. The minimum absolute atomic E-state index is 0.104. The van der Waals surface area contributed by atoms with Crippen LogP contribution in [0.3, 0.4) is 0 Å². The summed E-state index contributed by atoms with van der Waals surface area (Å²) in [4.78, 5) is 0. The maximum absolute atomic E-state index is 9.86. The molecule has 0 amide bonds. The molecule has 15 aromatic rings. The molecule has 0 aliphatic carbocycles. The molecule has 0 saturated heterocycles. The highest BCUT2D eigenvalue weighted by molar-refractivity contribution is 7.26. The van der Waals surface area contributed by atoms with E-state index in [1.54, 1.807) is 11.3 Å². The second-order valence-electron chi connectivity index (χ2n) is 19.2. The van der Waals surface area contributed by atoms with Gasteiger partial charge in [0.1, 0.15) is 0 Å². The lowest BCUT2D eigenvalue weighted by Gasteiger charge is -2.36. The molecule has 0 N–H and O–H groups in total. The van der Waals surface area contributed by atoms with E-state index in [0.29, 0.717) is 16.2 Å². The maximum Gasteiger partial charge on any atom is 0.179 e. The first kappa shape index (κ1) is 35.0. The van der Waals surface area contributed by atoms with Crippen LogP contribution in [0.1, 0.15) is 13.7 Å². The minimum Gasteiger partial charge on any atom is -0.309 e. The van der Waals surface area contributed by atoms with Crippen molar-refractivity contribution in [3.05, 3.63) is 291 Å². The fourth-order valence-electron chi connectivity index (χ4n) is 12.2. The SMILES string of the molecule is [2H]c1c([2H])c([2H])c(-c2cc([Si](c3ccccc3)(c3ccccc3)c3ccccc3)cc(-c3c([2H])c([2H])c([2H])c([2H])c3[2H])c2-n2c3ccccc3c3cc(-n4c5ccccc5c5cccc(-c6cccc7sc8ccccc8c67)c54)ccc32)c([2H])c1[2H]. The van der Waals surface area contributed by atoms with Crippen molar-refractivity contribution in [3.63, 3.8) is 0 Å². The molecule has 2 nitrogen and oxygen atoms in total. The van der Waals surface area contributed by atoms with Crippen molar-refractivity contribution in [2.75, 3.05) is 0 Å². The van der Waals surface area contributed by atoms with Gasteiger partial charge in [0.15, 0.2) is 8.07 Å². The van der Waals surface area contributed by atoms with Crippen LogP contribution in [0.5, 0.6) is 0 Å². The van der Waals surface area contributed by atoms with Gasteiger partial charge in [0.25, 0.3) is 0 Å². The number of aromatic nitrogens is 2. The normalized spacial score (nSPS) is 13.8. The predicted octanol–water partition coefficient (Wildman–Crippen LogP) is 16.6. The molecule has 356 valence electrons. The van der Waals surface area contributed by atoms with E-state index in [1.807, 2.05) is 102 Å². The number of nitrogens with zero attached hydrogens (tertiary/aromatic N) is 2. The van der Waals surface area contributed by atoms with Crippen molar-refractivity contribution in [3.8, 4) is 44.8 Å². The van der Waals surface area contributed by atoms with Crippen LogP contribution in [0.4, 0.5) is 0 Å². The van der Waals surface area contributed by atoms with E-state index in [-0.39, 0.29) is 27.9 Å². The van der Waals surface area contributed by atoms with Crippen LogP contribution in [0, 0.1) is 0 Å². The van der Waals surface area contributed by atoms with E-state index in [1.165, 1.54) is 20.2 Å². The Balaban J connectivity index is 1.11. The Hall–Kier alpha value is -9.32. The third-order valence-electron chi connectivity index (χ3n) is 15.2. The van der Waals surface area contributed by atoms with Crippen LogP contribution >= 0.6 is 11.3 Å². The average molecular weight is 1010 g/mol. The largest absolute Gasteiger partial charge is 0.309 e. The number of hydrogen-bond donors (Lipinski definition) is 0. The molecule has 0 bridgehead atoms. The van der Waals surface area contributed by atoms with Crippen molar-refractivity contribution in [1.82, 2.24) is 9.13 Å². The van der Waals surface area contributed by atoms with Gasteiger partial charge in [-0.15, -0.1) is 11.3 Å². The first-order chi connectivity index (χ1) is 41.9. The number of benzene rings is 12. The monoisotopic (exact) mass is 1010 g/mol. The highest BCUT2D eigenvalue weighted by Gasteiger charge is 2.42. The Kier molecular flexibility index (Phi) is 8.27. The topological polar surface area (TPSA) is 9.86 Å². The summed E-state index contributed by atoms with van der Waals surface area (Å²) < 4.78 is 101. The molecule has 0 aliphatic rings. The molecule has 4 heteroatoms. The Morgan fingerprint density at radius 3 is 1.42 bits per heavy atom. The molecule has 0 radical (unpaired) electrons. The van der Waals surface area contributed by atoms with Crippen molar-refractivity contribution >= 4 is 104 Å². The smallest absolute Gasteiger partial charge is 0.179 e. The molecule has 0 saturated carbocycles. The van der Waals surface area contributed by atoms with Gasteiger partial charge in [-0.05, 0) is 79.9 Å². The third kappa shape index (κ3) is 6.78. The van der Waals surface area contributed by atoms with E-state index < -0.39 is 68.5 Å². The van der Waals surface area contributed by atoms with Gasteiger partial charge in [0.2, 0.25) is 0 Å². The molecular weight excluding hydrogens is 953 g/mol. The summed E-state index contributed by atoms with van der Waals surface area (Å²) in [6, 6.07) is 73.4. The molecule has 0 aliphatic heterocycles. The lowest BCUT2D eigenvalue weighted by atomic mass is 9.95. The first-order valence-corrected chi connectivity index (χ1v) is 28.2. The maximum atomic E-state index is 9.86. The Labute approximate surface area is 460 Å². The summed E-state index contributed by atoms with van der Waals surface area (Å²) in [5.74, 6) is 0. The molecule has 76 heavy (non-hydrogen) atoms. The van der Waals surface area contributed by atoms with E-state index >= 15 is 0 Å². The van der Waals surface area contributed by atoms with Gasteiger partial charge in [-0.2, -0.15) is 0 Å². The summed E-state index contributed by atoms with van der Waals surface area (Å²) in [6.07, 6.45) is 0. The summed E-state index contributed by atoms with van der Waals surface area (Å²) >= 11 is 1.79. The van der Waals surface area contributed by atoms with Crippen LogP contribution < -0.4 is 20.7 Å². The average Bonchev–Trinajstić information content (AvgIpc) is 1.24. The second-order valence-corrected chi connectivity index (χ2v) is 24.0. The van der Waals surface area contributed by atoms with E-state index in [0.717, 1.165) is 65.0 Å². The lowest BCUT2D eigenvalue weighted by Crippen LogP contribution is -2.74. The lowest BCUT2D eigenvalue weighted by molar-refractivity contribution is 1.17. The highest BCUT2D eigenvalue weighted by Crippen LogP contribution is 2.46. The first-order valence-electron chi connectivity index (χ1n) is 30.3. The van der Waals surface area contributed by atoms with Gasteiger partial charge >= 0.3 is 0 Å². The molecule has 3 heterocycles. The second kappa shape index (κ2) is 18.0. The van der Waals surface area contributed by atoms with Gasteiger partial charge in [-0.3, -0.25) is 0 Å². The minimum atomic E-state index is -3.65. The zero-order valence-corrected chi connectivity index (χ0v) is 42.6. The van der Waals surface area contributed by atoms with Crippen LogP contribution in [-0.4, -0.2) is 17.2 Å². The number of para-hydroxylation sites is 3. The quantitative estimate of drug-likeness (QED) is 0.101. The van der Waals surface area contributed by atoms with Gasteiger partial charge < -0.3 is 9.13 Å². The van der Waals surface area contributed by atoms with Crippen LogP contribution in [0.2, 0.25) is 0 Å². The summed E-state index contributed by atoms with van der Waals surface area (Å²) in [6.45, 7) is 0. The number of rotatable bonds is 9. The van der Waals surface area contributed by atoms with Crippen molar-refractivity contribution < 1.29 is 13.7 Å². The fraction of sp³-hybridized carbons (Fsp3) is 0. The summed E-state index contributed by atoms with van der Waals surface area (Å²) in [5, 5.41) is 9.77. The third-order valence-corrected chi connectivity index (χ3v) is 21.1. The molecular formula is C72H48N2SSi. The van der Waals surface area contributed by atoms with Crippen LogP contribution in [0.15, 0.2) is 291 Å². The Bertz CT molecular complexity index is 5070. The molecule has 12 aromatic carbocycles. The highest BCUT2D eigenvalue weighted by atomic mass is 32.1.